The van der Waals surface area contributed by atoms with E-state index in [2.05, 4.69) is 19.9 Å². The van der Waals surface area contributed by atoms with Crippen LogP contribution < -0.4 is 0 Å². The molecule has 0 aromatic carbocycles. The van der Waals surface area contributed by atoms with Crippen LogP contribution in [0.2, 0.25) is 0 Å². The van der Waals surface area contributed by atoms with Gasteiger partial charge in [0, 0.05) is 18.9 Å². The van der Waals surface area contributed by atoms with Crippen molar-refractivity contribution < 1.29 is 14.6 Å². The molecule has 0 aromatic heterocycles. The van der Waals surface area contributed by atoms with Crippen molar-refractivity contribution in [3.8, 4) is 0 Å². The predicted molar refractivity (Wildman–Crippen MR) is 53.0 cm³/mol. The van der Waals surface area contributed by atoms with Crippen LogP contribution >= 0.6 is 0 Å². The summed E-state index contributed by atoms with van der Waals surface area (Å²) in [5.41, 5.74) is -0.502. The summed E-state index contributed by atoms with van der Waals surface area (Å²) in [6.07, 6.45) is 4.31. The summed E-state index contributed by atoms with van der Waals surface area (Å²) in [6, 6.07) is 0. The van der Waals surface area contributed by atoms with Crippen LogP contribution in [0.15, 0.2) is 12.2 Å². The fourth-order valence-corrected chi connectivity index (χ4v) is 2.70. The third-order valence-corrected chi connectivity index (χ3v) is 3.74. The molecule has 0 amide bonds. The van der Waals surface area contributed by atoms with E-state index in [-0.39, 0.29) is 24.7 Å². The van der Waals surface area contributed by atoms with Crippen LogP contribution in [-0.4, -0.2) is 36.6 Å². The van der Waals surface area contributed by atoms with E-state index in [9.17, 15) is 5.11 Å². The average molecular weight is 198 g/mol. The van der Waals surface area contributed by atoms with Gasteiger partial charge in [-0.15, -0.1) is 0 Å². The van der Waals surface area contributed by atoms with Crippen LogP contribution in [0.5, 0.6) is 0 Å². The predicted octanol–water partition coefficient (Wildman–Crippen LogP) is 0.973. The Labute approximate surface area is 84.7 Å². The highest BCUT2D eigenvalue weighted by molar-refractivity contribution is 5.20. The maximum atomic E-state index is 9.41. The molecule has 0 aliphatic carbocycles. The summed E-state index contributed by atoms with van der Waals surface area (Å²) in [5, 5.41) is 9.41. The number of hydrogen-bond acceptors (Lipinski definition) is 3. The van der Waals surface area contributed by atoms with Crippen molar-refractivity contribution in [3.63, 3.8) is 0 Å². The molecule has 1 saturated heterocycles. The second-order valence-electron chi connectivity index (χ2n) is 4.40. The molecule has 3 heteroatoms. The lowest BCUT2D eigenvalue weighted by atomic mass is 9.79. The van der Waals surface area contributed by atoms with Crippen LogP contribution in [0.4, 0.5) is 0 Å². The molecule has 2 rings (SSSR count). The van der Waals surface area contributed by atoms with Gasteiger partial charge in [0.2, 0.25) is 0 Å². The van der Waals surface area contributed by atoms with E-state index >= 15 is 0 Å². The molecule has 2 bridgehead atoms. The zero-order chi connectivity index (χ0) is 10.3. The van der Waals surface area contributed by atoms with Gasteiger partial charge in [0.1, 0.15) is 5.60 Å². The van der Waals surface area contributed by atoms with Gasteiger partial charge in [-0.3, -0.25) is 0 Å². The second-order valence-corrected chi connectivity index (χ2v) is 4.40. The second kappa shape index (κ2) is 3.33. The van der Waals surface area contributed by atoms with Crippen LogP contribution in [0.3, 0.4) is 0 Å². The highest BCUT2D eigenvalue weighted by Gasteiger charge is 2.52. The van der Waals surface area contributed by atoms with Gasteiger partial charge in [-0.05, 0) is 0 Å². The molecule has 0 spiro atoms. The van der Waals surface area contributed by atoms with Crippen molar-refractivity contribution in [2.75, 3.05) is 13.7 Å². The number of aliphatic hydroxyl groups excluding tert-OH is 1. The van der Waals surface area contributed by atoms with Crippen LogP contribution in [-0.2, 0) is 9.47 Å². The van der Waals surface area contributed by atoms with Crippen molar-refractivity contribution in [1.82, 2.24) is 0 Å². The van der Waals surface area contributed by atoms with E-state index in [1.807, 2.05) is 6.08 Å². The summed E-state index contributed by atoms with van der Waals surface area (Å²) < 4.78 is 11.3. The number of rotatable bonds is 2. The van der Waals surface area contributed by atoms with Crippen molar-refractivity contribution in [2.45, 2.75) is 31.7 Å². The normalized spacial score (nSPS) is 51.1. The molecule has 0 radical (unpaired) electrons. The van der Waals surface area contributed by atoms with Gasteiger partial charge >= 0.3 is 0 Å². The quantitative estimate of drug-likeness (QED) is 0.672. The minimum absolute atomic E-state index is 0.0355. The first-order chi connectivity index (χ1) is 6.64. The van der Waals surface area contributed by atoms with Gasteiger partial charge in [0.15, 0.2) is 0 Å². The largest absolute Gasteiger partial charge is 0.393 e. The molecule has 14 heavy (non-hydrogen) atoms. The van der Waals surface area contributed by atoms with Crippen molar-refractivity contribution in [1.29, 1.82) is 0 Å². The Hall–Kier alpha value is -0.380. The smallest absolute Gasteiger partial charge is 0.115 e. The number of aliphatic hydroxyl groups is 1. The van der Waals surface area contributed by atoms with E-state index in [0.29, 0.717) is 5.92 Å². The molecule has 0 saturated carbocycles. The molecule has 5 unspecified atom stereocenters. The number of fused-ring (bicyclic) bond motifs is 2. The molecule has 1 N–H and O–H groups in total. The number of ether oxygens (including phenoxy) is 2. The Balaban J connectivity index is 2.29. The molecule has 2 aliphatic heterocycles. The van der Waals surface area contributed by atoms with Gasteiger partial charge in [0.05, 0.1) is 18.8 Å². The lowest BCUT2D eigenvalue weighted by molar-refractivity contribution is -0.193. The zero-order valence-corrected chi connectivity index (χ0v) is 8.93. The summed E-state index contributed by atoms with van der Waals surface area (Å²) in [5.74, 6) is 0.552. The molecule has 5 atom stereocenters. The molecule has 3 nitrogen and oxygen atoms in total. The fraction of sp³-hybridized carbons (Fsp3) is 0.818. The van der Waals surface area contributed by atoms with Gasteiger partial charge in [0.25, 0.3) is 0 Å². The SMILES string of the molecule is COC1C(C)C2C=CC(CO)(O2)C1C. The van der Waals surface area contributed by atoms with Crippen molar-refractivity contribution in [2.24, 2.45) is 11.8 Å². The number of methoxy groups -OCH3 is 1. The highest BCUT2D eigenvalue weighted by Crippen LogP contribution is 2.44. The van der Waals surface area contributed by atoms with Gasteiger partial charge < -0.3 is 14.6 Å². The Morgan fingerprint density at radius 2 is 2.21 bits per heavy atom. The monoisotopic (exact) mass is 198 g/mol. The van der Waals surface area contributed by atoms with E-state index in [4.69, 9.17) is 9.47 Å². The average Bonchev–Trinajstić information content (AvgIpc) is 2.59. The molecule has 80 valence electrons. The van der Waals surface area contributed by atoms with Crippen molar-refractivity contribution >= 4 is 0 Å². The third kappa shape index (κ3) is 1.16. The van der Waals surface area contributed by atoms with Gasteiger partial charge in [-0.25, -0.2) is 0 Å². The zero-order valence-electron chi connectivity index (χ0n) is 8.93. The first-order valence-electron chi connectivity index (χ1n) is 5.15. The molecule has 2 heterocycles. The molecular formula is C11H18O3. The van der Waals surface area contributed by atoms with E-state index in [1.54, 1.807) is 7.11 Å². The first-order valence-corrected chi connectivity index (χ1v) is 5.15. The molecule has 2 aliphatic rings. The standard InChI is InChI=1S/C11H18O3/c1-7-9-4-5-11(6-12,14-9)8(2)10(7)13-3/h4-5,7-10,12H,6H2,1-3H3. The van der Waals surface area contributed by atoms with Crippen LogP contribution in [0.1, 0.15) is 13.8 Å². The summed E-state index contributed by atoms with van der Waals surface area (Å²) in [6.45, 7) is 4.24. The molecule has 1 fully saturated rings. The van der Waals surface area contributed by atoms with E-state index in [1.165, 1.54) is 0 Å². The Bertz CT molecular complexity index is 251. The summed E-state index contributed by atoms with van der Waals surface area (Å²) in [4.78, 5) is 0. The highest BCUT2D eigenvalue weighted by atomic mass is 16.5. The van der Waals surface area contributed by atoms with E-state index < -0.39 is 5.60 Å². The van der Waals surface area contributed by atoms with Crippen LogP contribution in [0, 0.1) is 11.8 Å². The molecule has 0 aromatic rings. The van der Waals surface area contributed by atoms with Gasteiger partial charge in [-0.2, -0.15) is 0 Å². The van der Waals surface area contributed by atoms with Crippen LogP contribution in [0.25, 0.3) is 0 Å². The maximum absolute atomic E-state index is 9.41. The fourth-order valence-electron chi connectivity index (χ4n) is 2.70. The minimum Gasteiger partial charge on any atom is -0.393 e. The topological polar surface area (TPSA) is 38.7 Å². The van der Waals surface area contributed by atoms with E-state index in [0.717, 1.165) is 0 Å². The Morgan fingerprint density at radius 1 is 1.50 bits per heavy atom. The van der Waals surface area contributed by atoms with Crippen molar-refractivity contribution in [3.05, 3.63) is 12.2 Å². The summed E-state index contributed by atoms with van der Waals surface area (Å²) in [7, 11) is 1.73. The minimum atomic E-state index is -0.502. The third-order valence-electron chi connectivity index (χ3n) is 3.74. The Kier molecular flexibility index (Phi) is 2.41. The lowest BCUT2D eigenvalue weighted by Crippen LogP contribution is -2.54. The Morgan fingerprint density at radius 3 is 2.79 bits per heavy atom. The molecular weight excluding hydrogens is 180 g/mol. The lowest BCUT2D eigenvalue weighted by Gasteiger charge is -2.45. The maximum Gasteiger partial charge on any atom is 0.115 e. The first kappa shape index (κ1) is 10.1. The number of hydrogen-bond donors (Lipinski definition) is 1. The summed E-state index contributed by atoms with van der Waals surface area (Å²) >= 11 is 0. The van der Waals surface area contributed by atoms with Gasteiger partial charge in [-0.1, -0.05) is 26.0 Å².